The number of nitrogens with zero attached hydrogens (tertiary/aromatic N) is 1. The minimum Gasteiger partial charge on any atom is -0.481 e. The number of carboxylic acids is 2. The van der Waals surface area contributed by atoms with Crippen LogP contribution in [0.1, 0.15) is 26.0 Å². The quantitative estimate of drug-likeness (QED) is 0.160. The molecule has 1 rings (SSSR count). The molecule has 1 aromatic heterocycles. The summed E-state index contributed by atoms with van der Waals surface area (Å²) in [6.07, 6.45) is 0.269. The molecule has 1 heterocycles. The van der Waals surface area contributed by atoms with Gasteiger partial charge in [-0.1, -0.05) is 0 Å². The number of hydrogen-bond acceptors (Lipinski definition) is 8. The Bertz CT molecular complexity index is 795. The third-order valence-electron chi connectivity index (χ3n) is 4.08. The van der Waals surface area contributed by atoms with E-state index in [0.717, 1.165) is 0 Å². The van der Waals surface area contributed by atoms with Gasteiger partial charge in [-0.25, -0.2) is 9.78 Å². The summed E-state index contributed by atoms with van der Waals surface area (Å²) in [5.41, 5.74) is 5.82. The molecule has 0 saturated heterocycles. The molecule has 5 unspecified atom stereocenters. The van der Waals surface area contributed by atoms with Crippen molar-refractivity contribution in [2.24, 2.45) is 5.73 Å². The van der Waals surface area contributed by atoms with Crippen LogP contribution in [0.5, 0.6) is 0 Å². The average Bonchev–Trinajstić information content (AvgIpc) is 3.16. The van der Waals surface area contributed by atoms with E-state index in [-0.39, 0.29) is 6.42 Å². The summed E-state index contributed by atoms with van der Waals surface area (Å²) < 4.78 is 0. The van der Waals surface area contributed by atoms with Crippen molar-refractivity contribution in [2.75, 3.05) is 0 Å². The lowest BCUT2D eigenvalue weighted by Gasteiger charge is -2.25. The highest BCUT2D eigenvalue weighted by Gasteiger charge is 2.33. The van der Waals surface area contributed by atoms with Crippen LogP contribution >= 0.6 is 0 Å². The van der Waals surface area contributed by atoms with Gasteiger partial charge in [0, 0.05) is 18.3 Å². The number of rotatable bonds is 12. The maximum atomic E-state index is 12.5. The van der Waals surface area contributed by atoms with Crippen molar-refractivity contribution in [1.29, 1.82) is 0 Å². The van der Waals surface area contributed by atoms with E-state index >= 15 is 0 Å². The molecule has 0 aromatic carbocycles. The van der Waals surface area contributed by atoms with Gasteiger partial charge >= 0.3 is 11.9 Å². The van der Waals surface area contributed by atoms with Crippen molar-refractivity contribution in [2.45, 2.75) is 57.0 Å². The maximum Gasteiger partial charge on any atom is 0.326 e. The topological polar surface area (TPSA) is 237 Å². The maximum absolute atomic E-state index is 12.5. The standard InChI is InChI=1S/C17H26N6O8/c1-7(18)14(27)21-10(4-12(25)26)15(28)23-13(8(2)24)16(29)22-11(17(30)31)3-9-5-19-6-20-9/h5-8,10-11,13,24H,3-4,18H2,1-2H3,(H,19,20)(H,21,27)(H,22,29)(H,23,28)(H,25,26)(H,30,31). The highest BCUT2D eigenvalue weighted by atomic mass is 16.4. The Morgan fingerprint density at radius 3 is 2.10 bits per heavy atom. The highest BCUT2D eigenvalue weighted by molar-refractivity contribution is 5.95. The lowest BCUT2D eigenvalue weighted by molar-refractivity contribution is -0.144. The predicted octanol–water partition coefficient (Wildman–Crippen LogP) is -3.31. The van der Waals surface area contributed by atoms with Gasteiger partial charge in [0.25, 0.3) is 0 Å². The number of aliphatic hydroxyl groups excluding tert-OH is 1. The van der Waals surface area contributed by atoms with Crippen LogP contribution in [0.2, 0.25) is 0 Å². The van der Waals surface area contributed by atoms with Gasteiger partial charge in [-0.3, -0.25) is 19.2 Å². The van der Waals surface area contributed by atoms with Crippen molar-refractivity contribution >= 4 is 29.7 Å². The fourth-order valence-electron chi connectivity index (χ4n) is 2.42. The van der Waals surface area contributed by atoms with Crippen LogP contribution in [0.15, 0.2) is 12.5 Å². The Hall–Kier alpha value is -3.52. The van der Waals surface area contributed by atoms with Crippen LogP contribution in [0.4, 0.5) is 0 Å². The SMILES string of the molecule is CC(N)C(=O)NC(CC(=O)O)C(=O)NC(C(=O)NC(Cc1cnc[nH]1)C(=O)O)C(C)O. The van der Waals surface area contributed by atoms with E-state index in [1.54, 1.807) is 0 Å². The largest absolute Gasteiger partial charge is 0.481 e. The molecule has 14 nitrogen and oxygen atoms in total. The van der Waals surface area contributed by atoms with Gasteiger partial charge in [0.15, 0.2) is 0 Å². The minimum atomic E-state index is -1.63. The fourth-order valence-corrected chi connectivity index (χ4v) is 2.42. The second kappa shape index (κ2) is 11.6. The number of carboxylic acid groups (broad SMARTS) is 2. The zero-order valence-corrected chi connectivity index (χ0v) is 16.9. The minimum absolute atomic E-state index is 0.145. The number of imidazole rings is 1. The molecule has 9 N–H and O–H groups in total. The first-order valence-electron chi connectivity index (χ1n) is 9.19. The van der Waals surface area contributed by atoms with Gasteiger partial charge in [-0.15, -0.1) is 0 Å². The summed E-state index contributed by atoms with van der Waals surface area (Å²) in [4.78, 5) is 65.7. The molecule has 0 saturated carbocycles. The molecule has 31 heavy (non-hydrogen) atoms. The van der Waals surface area contributed by atoms with Gasteiger partial charge in [0.2, 0.25) is 17.7 Å². The third kappa shape index (κ3) is 8.39. The Morgan fingerprint density at radius 2 is 1.65 bits per heavy atom. The molecule has 0 aliphatic heterocycles. The summed E-state index contributed by atoms with van der Waals surface area (Å²) >= 11 is 0. The first-order chi connectivity index (χ1) is 14.4. The third-order valence-corrected chi connectivity index (χ3v) is 4.08. The molecule has 5 atom stereocenters. The number of aliphatic carboxylic acids is 2. The molecule has 172 valence electrons. The van der Waals surface area contributed by atoms with Crippen molar-refractivity contribution < 1.29 is 39.3 Å². The van der Waals surface area contributed by atoms with E-state index in [1.807, 2.05) is 0 Å². The first-order valence-corrected chi connectivity index (χ1v) is 9.19. The van der Waals surface area contributed by atoms with Crippen LogP contribution < -0.4 is 21.7 Å². The Morgan fingerprint density at radius 1 is 1.03 bits per heavy atom. The number of carbonyl (C=O) groups is 5. The molecule has 0 radical (unpaired) electrons. The molecular formula is C17H26N6O8. The highest BCUT2D eigenvalue weighted by Crippen LogP contribution is 2.03. The molecule has 3 amide bonds. The molecule has 0 bridgehead atoms. The number of hydrogen-bond donors (Lipinski definition) is 8. The summed E-state index contributed by atoms with van der Waals surface area (Å²) in [6.45, 7) is 2.49. The van der Waals surface area contributed by atoms with Crippen LogP contribution in [-0.2, 0) is 30.4 Å². The summed E-state index contributed by atoms with van der Waals surface area (Å²) in [5.74, 6) is -5.68. The number of aliphatic hydroxyl groups is 1. The van der Waals surface area contributed by atoms with E-state index < -0.39 is 66.4 Å². The lowest BCUT2D eigenvalue weighted by atomic mass is 10.1. The number of aromatic nitrogens is 2. The van der Waals surface area contributed by atoms with Crippen molar-refractivity contribution in [3.8, 4) is 0 Å². The smallest absolute Gasteiger partial charge is 0.326 e. The number of amides is 3. The van der Waals surface area contributed by atoms with Gasteiger partial charge in [0.1, 0.15) is 18.1 Å². The van der Waals surface area contributed by atoms with Crippen molar-refractivity contribution in [3.63, 3.8) is 0 Å². The second-order valence-corrected chi connectivity index (χ2v) is 6.85. The van der Waals surface area contributed by atoms with Gasteiger partial charge in [-0.05, 0) is 13.8 Å². The first kappa shape index (κ1) is 25.5. The normalized spacial score (nSPS) is 15.6. The van der Waals surface area contributed by atoms with E-state index in [0.29, 0.717) is 5.69 Å². The predicted molar refractivity (Wildman–Crippen MR) is 103 cm³/mol. The monoisotopic (exact) mass is 442 g/mol. The average molecular weight is 442 g/mol. The van der Waals surface area contributed by atoms with Crippen LogP contribution in [-0.4, -0.2) is 85.2 Å². The zero-order chi connectivity index (χ0) is 23.7. The Balaban J connectivity index is 2.92. The van der Waals surface area contributed by atoms with E-state index in [9.17, 15) is 34.2 Å². The molecule has 0 aliphatic rings. The van der Waals surface area contributed by atoms with E-state index in [2.05, 4.69) is 25.9 Å². The lowest BCUT2D eigenvalue weighted by Crippen LogP contribution is -2.60. The van der Waals surface area contributed by atoms with Crippen molar-refractivity contribution in [1.82, 2.24) is 25.9 Å². The summed E-state index contributed by atoms with van der Waals surface area (Å²) in [7, 11) is 0. The van der Waals surface area contributed by atoms with E-state index in [4.69, 9.17) is 10.8 Å². The molecule has 0 spiro atoms. The number of nitrogens with two attached hydrogens (primary N) is 1. The van der Waals surface area contributed by atoms with Gasteiger partial charge < -0.3 is 42.0 Å². The number of H-pyrrole nitrogens is 1. The van der Waals surface area contributed by atoms with Gasteiger partial charge in [-0.2, -0.15) is 0 Å². The molecule has 0 fully saturated rings. The number of nitrogens with one attached hydrogen (secondary N) is 4. The molecular weight excluding hydrogens is 416 g/mol. The van der Waals surface area contributed by atoms with Crippen LogP contribution in [0.3, 0.4) is 0 Å². The van der Waals surface area contributed by atoms with Crippen LogP contribution in [0.25, 0.3) is 0 Å². The Labute approximate surface area is 176 Å². The van der Waals surface area contributed by atoms with Gasteiger partial charge in [0.05, 0.1) is 24.9 Å². The molecule has 1 aromatic rings. The van der Waals surface area contributed by atoms with E-state index in [1.165, 1.54) is 26.4 Å². The fraction of sp³-hybridized carbons (Fsp3) is 0.529. The summed E-state index contributed by atoms with van der Waals surface area (Å²) in [6, 6.07) is -5.64. The number of carbonyl (C=O) groups excluding carboxylic acids is 3. The molecule has 14 heteroatoms. The Kier molecular flexibility index (Phi) is 9.56. The molecule has 0 aliphatic carbocycles. The number of aromatic amines is 1. The van der Waals surface area contributed by atoms with Crippen LogP contribution in [0, 0.1) is 0 Å². The second-order valence-electron chi connectivity index (χ2n) is 6.85. The van der Waals surface area contributed by atoms with Crippen molar-refractivity contribution in [3.05, 3.63) is 18.2 Å². The zero-order valence-electron chi connectivity index (χ0n) is 16.9. The summed E-state index contributed by atoms with van der Waals surface area (Å²) in [5, 5.41) is 34.7.